The number of hydrogen-bond donors (Lipinski definition) is 2. The first-order chi connectivity index (χ1) is 9.65. The lowest BCUT2D eigenvalue weighted by molar-refractivity contribution is -0.114. The Balaban J connectivity index is 1.92. The smallest absolute Gasteiger partial charge is 0.221 e. The molecule has 4 heteroatoms. The lowest BCUT2D eigenvalue weighted by Gasteiger charge is -2.19. The van der Waals surface area contributed by atoms with Crippen molar-refractivity contribution in [1.82, 2.24) is 0 Å². The first-order valence-corrected chi connectivity index (χ1v) is 6.47. The van der Waals surface area contributed by atoms with E-state index in [1.807, 2.05) is 53.4 Å². The van der Waals surface area contributed by atoms with Crippen molar-refractivity contribution in [1.29, 1.82) is 5.41 Å². The molecule has 2 aromatic carbocycles. The molecule has 4 nitrogen and oxygen atoms in total. The first-order valence-electron chi connectivity index (χ1n) is 6.47. The van der Waals surface area contributed by atoms with Gasteiger partial charge in [-0.15, -0.1) is 0 Å². The van der Waals surface area contributed by atoms with Gasteiger partial charge in [-0.25, -0.2) is 0 Å². The molecule has 0 bridgehead atoms. The van der Waals surface area contributed by atoms with E-state index in [1.165, 1.54) is 6.92 Å². The Morgan fingerprint density at radius 2 is 2.00 bits per heavy atom. The highest BCUT2D eigenvalue weighted by Gasteiger charge is 2.24. The molecule has 0 radical (unpaired) electrons. The minimum Gasteiger partial charge on any atom is -0.326 e. The molecule has 2 aromatic rings. The molecule has 0 aromatic heterocycles. The van der Waals surface area contributed by atoms with Gasteiger partial charge in [0, 0.05) is 23.9 Å². The number of rotatable bonds is 2. The summed E-state index contributed by atoms with van der Waals surface area (Å²) in [4.78, 5) is 13.1. The highest BCUT2D eigenvalue weighted by Crippen LogP contribution is 2.29. The average Bonchev–Trinajstić information content (AvgIpc) is 2.76. The molecule has 1 aliphatic heterocycles. The largest absolute Gasteiger partial charge is 0.326 e. The number of hydrogen-bond acceptors (Lipinski definition) is 2. The predicted molar refractivity (Wildman–Crippen MR) is 80.2 cm³/mol. The lowest BCUT2D eigenvalue weighted by atomic mass is 10.1. The van der Waals surface area contributed by atoms with Crippen molar-refractivity contribution in [2.24, 2.45) is 0 Å². The van der Waals surface area contributed by atoms with Crippen LogP contribution in [0, 0.1) is 5.41 Å². The number of amidine groups is 1. The van der Waals surface area contributed by atoms with E-state index in [-0.39, 0.29) is 5.91 Å². The summed E-state index contributed by atoms with van der Waals surface area (Å²) < 4.78 is 0. The van der Waals surface area contributed by atoms with Crippen LogP contribution in [0.4, 0.5) is 11.4 Å². The van der Waals surface area contributed by atoms with Crippen molar-refractivity contribution in [3.8, 4) is 0 Å². The van der Waals surface area contributed by atoms with E-state index >= 15 is 0 Å². The van der Waals surface area contributed by atoms with Crippen molar-refractivity contribution < 1.29 is 4.79 Å². The van der Waals surface area contributed by atoms with Crippen LogP contribution in [0.25, 0.3) is 0 Å². The van der Waals surface area contributed by atoms with E-state index in [4.69, 9.17) is 5.41 Å². The van der Waals surface area contributed by atoms with Gasteiger partial charge < -0.3 is 10.2 Å². The van der Waals surface area contributed by atoms with Crippen molar-refractivity contribution in [3.63, 3.8) is 0 Å². The Bertz CT molecular complexity index is 694. The Hall–Kier alpha value is -2.62. The molecule has 20 heavy (non-hydrogen) atoms. The standard InChI is InChI=1S/C16H15N3O/c1-11(20)18-13-6-4-7-14(9-13)19-10-12-5-2-3-8-15(12)16(19)17/h2-9,17H,10H2,1H3,(H,18,20). The maximum atomic E-state index is 11.1. The number of fused-ring (bicyclic) bond motifs is 1. The minimum atomic E-state index is -0.0954. The zero-order valence-corrected chi connectivity index (χ0v) is 11.2. The summed E-state index contributed by atoms with van der Waals surface area (Å²) in [5, 5.41) is 11.0. The molecule has 2 N–H and O–H groups in total. The maximum absolute atomic E-state index is 11.1. The fraction of sp³-hybridized carbons (Fsp3) is 0.125. The second kappa shape index (κ2) is 4.81. The number of anilines is 2. The topological polar surface area (TPSA) is 56.2 Å². The van der Waals surface area contributed by atoms with Gasteiger partial charge >= 0.3 is 0 Å². The third-order valence-corrected chi connectivity index (χ3v) is 3.35. The highest BCUT2D eigenvalue weighted by molar-refractivity contribution is 6.11. The van der Waals surface area contributed by atoms with Gasteiger partial charge in [0.2, 0.25) is 5.91 Å². The molecular formula is C16H15N3O. The quantitative estimate of drug-likeness (QED) is 0.877. The Morgan fingerprint density at radius 3 is 2.75 bits per heavy atom. The second-order valence-corrected chi connectivity index (χ2v) is 4.82. The van der Waals surface area contributed by atoms with Crippen molar-refractivity contribution in [2.45, 2.75) is 13.5 Å². The number of nitrogens with one attached hydrogen (secondary N) is 2. The zero-order valence-electron chi connectivity index (χ0n) is 11.2. The van der Waals surface area contributed by atoms with E-state index in [2.05, 4.69) is 5.32 Å². The summed E-state index contributed by atoms with van der Waals surface area (Å²) in [5.74, 6) is 0.405. The predicted octanol–water partition coefficient (Wildman–Crippen LogP) is 2.99. The van der Waals surface area contributed by atoms with E-state index in [1.54, 1.807) is 0 Å². The maximum Gasteiger partial charge on any atom is 0.221 e. The van der Waals surface area contributed by atoms with Gasteiger partial charge in [-0.05, 0) is 23.8 Å². The summed E-state index contributed by atoms with van der Waals surface area (Å²) >= 11 is 0. The Kier molecular flexibility index (Phi) is 2.99. The molecule has 100 valence electrons. The van der Waals surface area contributed by atoms with Gasteiger partial charge in [-0.1, -0.05) is 30.3 Å². The first kappa shape index (κ1) is 12.4. The van der Waals surface area contributed by atoms with Gasteiger partial charge in [-0.3, -0.25) is 10.2 Å². The van der Waals surface area contributed by atoms with Gasteiger partial charge in [0.25, 0.3) is 0 Å². The van der Waals surface area contributed by atoms with Gasteiger partial charge in [-0.2, -0.15) is 0 Å². The Labute approximate surface area is 117 Å². The summed E-state index contributed by atoms with van der Waals surface area (Å²) in [7, 11) is 0. The van der Waals surface area contributed by atoms with Crippen LogP contribution in [-0.2, 0) is 11.3 Å². The van der Waals surface area contributed by atoms with Crippen LogP contribution in [-0.4, -0.2) is 11.7 Å². The molecule has 0 unspecified atom stereocenters. The minimum absolute atomic E-state index is 0.0954. The van der Waals surface area contributed by atoms with Crippen molar-refractivity contribution >= 4 is 23.1 Å². The van der Waals surface area contributed by atoms with Crippen molar-refractivity contribution in [3.05, 3.63) is 59.7 Å². The van der Waals surface area contributed by atoms with Crippen LogP contribution in [0.2, 0.25) is 0 Å². The molecule has 0 atom stereocenters. The van der Waals surface area contributed by atoms with E-state index in [9.17, 15) is 4.79 Å². The summed E-state index contributed by atoms with van der Waals surface area (Å²) in [5.41, 5.74) is 3.79. The average molecular weight is 265 g/mol. The zero-order chi connectivity index (χ0) is 14.1. The Morgan fingerprint density at radius 1 is 1.20 bits per heavy atom. The SMILES string of the molecule is CC(=O)Nc1cccc(N2Cc3ccccc3C2=N)c1. The molecule has 0 aliphatic carbocycles. The van der Waals surface area contributed by atoms with Crippen molar-refractivity contribution in [2.75, 3.05) is 10.2 Å². The van der Waals surface area contributed by atoms with Crippen LogP contribution in [0.1, 0.15) is 18.1 Å². The van der Waals surface area contributed by atoms with Crippen LogP contribution in [0.5, 0.6) is 0 Å². The monoisotopic (exact) mass is 265 g/mol. The molecule has 0 saturated carbocycles. The molecular weight excluding hydrogens is 250 g/mol. The number of nitrogens with zero attached hydrogens (tertiary/aromatic N) is 1. The fourth-order valence-electron chi connectivity index (χ4n) is 2.46. The highest BCUT2D eigenvalue weighted by atomic mass is 16.1. The van der Waals surface area contributed by atoms with E-state index in [0.717, 1.165) is 22.5 Å². The third-order valence-electron chi connectivity index (χ3n) is 3.35. The number of benzene rings is 2. The number of amides is 1. The molecule has 3 rings (SSSR count). The van der Waals surface area contributed by atoms with Gasteiger partial charge in [0.1, 0.15) is 5.84 Å². The van der Waals surface area contributed by atoms with Crippen LogP contribution in [0.15, 0.2) is 48.5 Å². The van der Waals surface area contributed by atoms with Crippen LogP contribution < -0.4 is 10.2 Å². The van der Waals surface area contributed by atoms with Crippen LogP contribution >= 0.6 is 0 Å². The van der Waals surface area contributed by atoms with E-state index in [0.29, 0.717) is 12.4 Å². The van der Waals surface area contributed by atoms with Gasteiger partial charge in [0.15, 0.2) is 0 Å². The fourth-order valence-corrected chi connectivity index (χ4v) is 2.46. The van der Waals surface area contributed by atoms with Gasteiger partial charge in [0.05, 0.1) is 6.54 Å². The normalized spacial score (nSPS) is 13.2. The molecule has 1 heterocycles. The molecule has 0 fully saturated rings. The summed E-state index contributed by atoms with van der Waals surface area (Å²) in [6, 6.07) is 15.5. The summed E-state index contributed by atoms with van der Waals surface area (Å²) in [6.45, 7) is 2.18. The number of carbonyl (C=O) groups is 1. The molecule has 1 amide bonds. The third kappa shape index (κ3) is 2.16. The summed E-state index contributed by atoms with van der Waals surface area (Å²) in [6.07, 6.45) is 0. The molecule has 1 aliphatic rings. The molecule has 0 spiro atoms. The van der Waals surface area contributed by atoms with Crippen LogP contribution in [0.3, 0.4) is 0 Å². The second-order valence-electron chi connectivity index (χ2n) is 4.82. The van der Waals surface area contributed by atoms with E-state index < -0.39 is 0 Å². The molecule has 0 saturated heterocycles. The number of carbonyl (C=O) groups excluding carboxylic acids is 1. The lowest BCUT2D eigenvalue weighted by Crippen LogP contribution is -2.23.